The average molecular weight is 368 g/mol. The molecule has 27 heavy (non-hydrogen) atoms. The third-order valence-corrected chi connectivity index (χ3v) is 4.34. The average Bonchev–Trinajstić information content (AvgIpc) is 2.98. The number of carbonyl (C=O) groups is 1. The molecule has 0 saturated carbocycles. The van der Waals surface area contributed by atoms with Crippen molar-refractivity contribution in [1.82, 2.24) is 29.4 Å². The van der Waals surface area contributed by atoms with Crippen molar-refractivity contribution in [2.75, 3.05) is 0 Å². The molecular formula is C17H13FN6O3. The summed E-state index contributed by atoms with van der Waals surface area (Å²) >= 11 is 0. The van der Waals surface area contributed by atoms with Crippen LogP contribution in [0, 0.1) is 12.7 Å². The van der Waals surface area contributed by atoms with Gasteiger partial charge < -0.3 is 5.11 Å². The first-order chi connectivity index (χ1) is 12.9. The van der Waals surface area contributed by atoms with E-state index in [9.17, 15) is 14.0 Å². The molecule has 10 heteroatoms. The van der Waals surface area contributed by atoms with Gasteiger partial charge in [0.2, 0.25) is 0 Å². The van der Waals surface area contributed by atoms with Crippen molar-refractivity contribution in [1.29, 1.82) is 0 Å². The Morgan fingerprint density at radius 3 is 2.56 bits per heavy atom. The molecule has 0 spiro atoms. The van der Waals surface area contributed by atoms with E-state index < -0.39 is 17.6 Å². The van der Waals surface area contributed by atoms with Gasteiger partial charge in [0, 0.05) is 0 Å². The van der Waals surface area contributed by atoms with Crippen molar-refractivity contribution >= 4 is 22.8 Å². The SMILES string of the molecule is Cc1nn2c(nnc3c(=O)n(C(C)C(=O)O)cnc32)c1-c1ccc(F)cc1. The van der Waals surface area contributed by atoms with Crippen LogP contribution >= 0.6 is 0 Å². The van der Waals surface area contributed by atoms with Crippen molar-refractivity contribution in [3.63, 3.8) is 0 Å². The summed E-state index contributed by atoms with van der Waals surface area (Å²) in [5.74, 6) is -1.53. The standard InChI is InChI=1S/C17H13FN6O3/c1-8-12(10-3-5-11(18)6-4-10)14-21-20-13-15(24(14)22-8)19-7-23(16(13)25)9(2)17(26)27/h3-7,9H,1-2H3,(H,26,27). The molecule has 0 aliphatic rings. The third-order valence-electron chi connectivity index (χ3n) is 4.34. The van der Waals surface area contributed by atoms with Gasteiger partial charge in [-0.05, 0) is 31.5 Å². The summed E-state index contributed by atoms with van der Waals surface area (Å²) in [6.07, 6.45) is 1.15. The van der Waals surface area contributed by atoms with Crippen LogP contribution in [0.15, 0.2) is 35.4 Å². The van der Waals surface area contributed by atoms with Gasteiger partial charge in [-0.3, -0.25) is 9.36 Å². The van der Waals surface area contributed by atoms with Crippen LogP contribution in [-0.2, 0) is 4.79 Å². The highest BCUT2D eigenvalue weighted by Gasteiger charge is 2.21. The van der Waals surface area contributed by atoms with E-state index in [1.165, 1.54) is 23.6 Å². The number of fused-ring (bicyclic) bond motifs is 3. The van der Waals surface area contributed by atoms with Crippen LogP contribution in [0.25, 0.3) is 27.9 Å². The number of rotatable bonds is 3. The van der Waals surface area contributed by atoms with E-state index in [0.717, 1.165) is 10.9 Å². The maximum absolute atomic E-state index is 13.2. The van der Waals surface area contributed by atoms with Crippen molar-refractivity contribution in [2.24, 2.45) is 0 Å². The lowest BCUT2D eigenvalue weighted by Gasteiger charge is -2.10. The minimum absolute atomic E-state index is 0.0914. The van der Waals surface area contributed by atoms with Gasteiger partial charge in [-0.25, -0.2) is 14.2 Å². The fourth-order valence-corrected chi connectivity index (χ4v) is 2.89. The van der Waals surface area contributed by atoms with E-state index >= 15 is 0 Å². The molecule has 0 aliphatic heterocycles. The number of aromatic nitrogens is 6. The van der Waals surface area contributed by atoms with Crippen molar-refractivity contribution < 1.29 is 14.3 Å². The fourth-order valence-electron chi connectivity index (χ4n) is 2.89. The Hall–Kier alpha value is -3.69. The molecule has 1 aromatic carbocycles. The second-order valence-electron chi connectivity index (χ2n) is 6.05. The van der Waals surface area contributed by atoms with E-state index in [1.54, 1.807) is 19.1 Å². The number of halogens is 1. The van der Waals surface area contributed by atoms with Crippen LogP contribution in [0.1, 0.15) is 18.7 Å². The number of hydrogen-bond acceptors (Lipinski definition) is 6. The lowest BCUT2D eigenvalue weighted by molar-refractivity contribution is -0.140. The van der Waals surface area contributed by atoms with Gasteiger partial charge in [0.1, 0.15) is 18.2 Å². The van der Waals surface area contributed by atoms with Crippen LogP contribution in [0.3, 0.4) is 0 Å². The zero-order valence-electron chi connectivity index (χ0n) is 14.3. The molecule has 0 saturated heterocycles. The number of aliphatic carboxylic acids is 1. The van der Waals surface area contributed by atoms with Crippen LogP contribution < -0.4 is 5.56 Å². The topological polar surface area (TPSA) is 115 Å². The Bertz CT molecular complexity index is 1260. The van der Waals surface area contributed by atoms with Crippen molar-refractivity contribution in [2.45, 2.75) is 19.9 Å². The molecule has 0 amide bonds. The quantitative estimate of drug-likeness (QED) is 0.584. The minimum Gasteiger partial charge on any atom is -0.480 e. The molecule has 4 aromatic rings. The normalized spacial score (nSPS) is 12.6. The second kappa shape index (κ2) is 5.94. The van der Waals surface area contributed by atoms with Gasteiger partial charge in [0.15, 0.2) is 16.8 Å². The summed E-state index contributed by atoms with van der Waals surface area (Å²) in [5.41, 5.74) is 1.76. The lowest BCUT2D eigenvalue weighted by atomic mass is 10.1. The molecule has 1 atom stereocenters. The maximum Gasteiger partial charge on any atom is 0.326 e. The summed E-state index contributed by atoms with van der Waals surface area (Å²) in [6, 6.07) is 4.77. The van der Waals surface area contributed by atoms with E-state index in [2.05, 4.69) is 20.3 Å². The number of carboxylic acid groups (broad SMARTS) is 1. The first-order valence-electron chi connectivity index (χ1n) is 8.00. The highest BCUT2D eigenvalue weighted by molar-refractivity contribution is 5.83. The lowest BCUT2D eigenvalue weighted by Crippen LogP contribution is -2.29. The Morgan fingerprint density at radius 1 is 1.19 bits per heavy atom. The molecule has 136 valence electrons. The Labute approximate surface area is 150 Å². The summed E-state index contributed by atoms with van der Waals surface area (Å²) in [6.45, 7) is 3.13. The van der Waals surface area contributed by atoms with E-state index in [-0.39, 0.29) is 17.0 Å². The van der Waals surface area contributed by atoms with E-state index in [4.69, 9.17) is 5.11 Å². The van der Waals surface area contributed by atoms with Gasteiger partial charge in [-0.2, -0.15) is 9.61 Å². The summed E-state index contributed by atoms with van der Waals surface area (Å²) in [7, 11) is 0. The smallest absolute Gasteiger partial charge is 0.326 e. The van der Waals surface area contributed by atoms with Crippen LogP contribution in [0.4, 0.5) is 4.39 Å². The maximum atomic E-state index is 13.2. The van der Waals surface area contributed by atoms with Gasteiger partial charge >= 0.3 is 5.97 Å². The number of carboxylic acids is 1. The second-order valence-corrected chi connectivity index (χ2v) is 6.05. The van der Waals surface area contributed by atoms with Gasteiger partial charge in [0.25, 0.3) is 5.56 Å². The Kier molecular flexibility index (Phi) is 3.69. The molecule has 0 radical (unpaired) electrons. The van der Waals surface area contributed by atoms with Gasteiger partial charge in [-0.1, -0.05) is 12.1 Å². The molecule has 3 aromatic heterocycles. The summed E-state index contributed by atoms with van der Waals surface area (Å²) in [5, 5.41) is 21.6. The summed E-state index contributed by atoms with van der Waals surface area (Å²) in [4.78, 5) is 27.9. The summed E-state index contributed by atoms with van der Waals surface area (Å²) < 4.78 is 15.6. The van der Waals surface area contributed by atoms with E-state index in [0.29, 0.717) is 22.5 Å². The van der Waals surface area contributed by atoms with Crippen molar-refractivity contribution in [3.8, 4) is 11.1 Å². The molecule has 1 unspecified atom stereocenters. The molecular weight excluding hydrogens is 355 g/mol. The molecule has 4 rings (SSSR count). The van der Waals surface area contributed by atoms with Crippen LogP contribution in [0.5, 0.6) is 0 Å². The zero-order chi connectivity index (χ0) is 19.3. The van der Waals surface area contributed by atoms with E-state index in [1.807, 2.05) is 0 Å². The Morgan fingerprint density at radius 2 is 1.89 bits per heavy atom. The zero-order valence-corrected chi connectivity index (χ0v) is 14.3. The van der Waals surface area contributed by atoms with Gasteiger partial charge in [0.05, 0.1) is 11.3 Å². The molecule has 0 fully saturated rings. The predicted molar refractivity (Wildman–Crippen MR) is 92.8 cm³/mol. The Balaban J connectivity index is 1.99. The van der Waals surface area contributed by atoms with Crippen LogP contribution in [-0.4, -0.2) is 40.4 Å². The highest BCUT2D eigenvalue weighted by Crippen LogP contribution is 2.27. The molecule has 0 bridgehead atoms. The first kappa shape index (κ1) is 16.8. The fraction of sp³-hybridized carbons (Fsp3) is 0.176. The predicted octanol–water partition coefficient (Wildman–Crippen LogP) is 1.59. The monoisotopic (exact) mass is 368 g/mol. The third kappa shape index (κ3) is 2.53. The van der Waals surface area contributed by atoms with Crippen molar-refractivity contribution in [3.05, 3.63) is 52.5 Å². The molecule has 9 nitrogen and oxygen atoms in total. The minimum atomic E-state index is -1.17. The number of benzene rings is 1. The van der Waals surface area contributed by atoms with Crippen LogP contribution in [0.2, 0.25) is 0 Å². The molecule has 0 aliphatic carbocycles. The molecule has 3 heterocycles. The number of aryl methyl sites for hydroxylation is 1. The number of nitrogens with zero attached hydrogens (tertiary/aromatic N) is 6. The molecule has 1 N–H and O–H groups in total. The first-order valence-corrected chi connectivity index (χ1v) is 8.00. The highest BCUT2D eigenvalue weighted by atomic mass is 19.1. The van der Waals surface area contributed by atoms with Gasteiger partial charge in [-0.15, -0.1) is 10.2 Å². The largest absolute Gasteiger partial charge is 0.480 e. The number of hydrogen-bond donors (Lipinski definition) is 1.